The fourth-order valence-corrected chi connectivity index (χ4v) is 4.50. The summed E-state index contributed by atoms with van der Waals surface area (Å²) >= 11 is 5.65. The van der Waals surface area contributed by atoms with Crippen LogP contribution in [0.25, 0.3) is 22.6 Å². The molecule has 1 amide bonds. The number of piperazine rings is 1. The number of carbonyl (C=O) groups is 1. The van der Waals surface area contributed by atoms with Crippen molar-refractivity contribution >= 4 is 29.3 Å². The molecule has 170 valence electrons. The Morgan fingerprint density at radius 1 is 1.22 bits per heavy atom. The minimum atomic E-state index is 0.0304. The summed E-state index contributed by atoms with van der Waals surface area (Å²) < 4.78 is 10.5. The predicted molar refractivity (Wildman–Crippen MR) is 126 cm³/mol. The highest BCUT2D eigenvalue weighted by atomic mass is 32.1. The van der Waals surface area contributed by atoms with Crippen molar-refractivity contribution in [2.45, 2.75) is 26.8 Å². The van der Waals surface area contributed by atoms with E-state index >= 15 is 0 Å². The number of carbonyl (C=O) groups excluding carboxylic acids is 1. The highest BCUT2D eigenvalue weighted by Gasteiger charge is 2.24. The molecule has 0 unspecified atom stereocenters. The molecule has 3 aromatic rings. The average Bonchev–Trinajstić information content (AvgIpc) is 3.10. The number of nitrogens with zero attached hydrogens (tertiary/aromatic N) is 5. The Balaban J connectivity index is 1.80. The van der Waals surface area contributed by atoms with E-state index in [1.165, 1.54) is 0 Å². The third-order valence-corrected chi connectivity index (χ3v) is 6.15. The highest BCUT2D eigenvalue weighted by molar-refractivity contribution is 7.71. The largest absolute Gasteiger partial charge is 0.493 e. The van der Waals surface area contributed by atoms with Gasteiger partial charge in [0.05, 0.1) is 25.8 Å². The Bertz CT molecular complexity index is 1190. The molecule has 3 heterocycles. The van der Waals surface area contributed by atoms with Gasteiger partial charge in [-0.1, -0.05) is 19.1 Å². The van der Waals surface area contributed by atoms with Gasteiger partial charge in [0, 0.05) is 31.7 Å². The summed E-state index contributed by atoms with van der Waals surface area (Å²) in [7, 11) is 4.05. The van der Waals surface area contributed by atoms with Crippen LogP contribution in [0.15, 0.2) is 24.5 Å². The van der Waals surface area contributed by atoms with Gasteiger partial charge >= 0.3 is 0 Å². The SMILES string of the molecule is CCC[n+]1cn(C)c2c(=S)nc(-c3cc(C(=O)N4CCN(C)CC4)ccc3OCC)[nH]c21. The van der Waals surface area contributed by atoms with Crippen molar-refractivity contribution in [3.63, 3.8) is 0 Å². The smallest absolute Gasteiger partial charge is 0.270 e. The number of rotatable bonds is 6. The van der Waals surface area contributed by atoms with E-state index < -0.39 is 0 Å². The molecule has 0 radical (unpaired) electrons. The molecule has 1 saturated heterocycles. The quantitative estimate of drug-likeness (QED) is 0.457. The zero-order valence-electron chi connectivity index (χ0n) is 19.2. The lowest BCUT2D eigenvalue weighted by Gasteiger charge is -2.32. The van der Waals surface area contributed by atoms with Gasteiger partial charge in [-0.2, -0.15) is 0 Å². The van der Waals surface area contributed by atoms with E-state index in [9.17, 15) is 4.79 Å². The van der Waals surface area contributed by atoms with E-state index in [4.69, 9.17) is 17.0 Å². The number of imidazole rings is 1. The summed E-state index contributed by atoms with van der Waals surface area (Å²) in [6.45, 7) is 8.69. The number of amides is 1. The second kappa shape index (κ2) is 9.38. The van der Waals surface area contributed by atoms with Crippen LogP contribution in [0.1, 0.15) is 30.6 Å². The van der Waals surface area contributed by atoms with Gasteiger partial charge in [-0.15, -0.1) is 0 Å². The van der Waals surface area contributed by atoms with Crippen molar-refractivity contribution in [3.8, 4) is 17.1 Å². The summed E-state index contributed by atoms with van der Waals surface area (Å²) in [6, 6.07) is 5.57. The van der Waals surface area contributed by atoms with E-state index in [1.54, 1.807) is 0 Å². The highest BCUT2D eigenvalue weighted by Crippen LogP contribution is 2.30. The first kappa shape index (κ1) is 22.4. The third kappa shape index (κ3) is 4.27. The molecule has 1 aliphatic rings. The van der Waals surface area contributed by atoms with Crippen LogP contribution in [0.4, 0.5) is 0 Å². The van der Waals surface area contributed by atoms with Gasteiger partial charge in [-0.3, -0.25) is 14.3 Å². The van der Waals surface area contributed by atoms with Gasteiger partial charge in [0.2, 0.25) is 11.3 Å². The van der Waals surface area contributed by atoms with Crippen LogP contribution in [0.3, 0.4) is 0 Å². The van der Waals surface area contributed by atoms with E-state index in [0.29, 0.717) is 28.4 Å². The summed E-state index contributed by atoms with van der Waals surface area (Å²) in [5, 5.41) is 0. The number of hydrogen-bond acceptors (Lipinski definition) is 5. The number of nitrogens with one attached hydrogen (secondary N) is 1. The molecular weight excluding hydrogens is 424 g/mol. The van der Waals surface area contributed by atoms with Gasteiger partial charge in [-0.25, -0.2) is 9.55 Å². The molecule has 0 aliphatic carbocycles. The van der Waals surface area contributed by atoms with Gasteiger partial charge in [0.1, 0.15) is 5.75 Å². The zero-order valence-corrected chi connectivity index (χ0v) is 20.0. The Kier molecular flexibility index (Phi) is 6.57. The maximum absolute atomic E-state index is 13.2. The number of benzene rings is 1. The number of hydrogen-bond donors (Lipinski definition) is 1. The molecule has 1 N–H and O–H groups in total. The zero-order chi connectivity index (χ0) is 22.8. The second-order valence-electron chi connectivity index (χ2n) is 8.25. The number of aromatic nitrogens is 4. The fourth-order valence-electron chi connectivity index (χ4n) is 4.16. The molecular formula is C23H31N6O2S+. The first-order chi connectivity index (χ1) is 15.4. The van der Waals surface area contributed by atoms with Crippen LogP contribution >= 0.6 is 12.2 Å². The second-order valence-corrected chi connectivity index (χ2v) is 8.63. The number of aryl methyl sites for hydroxylation is 2. The van der Waals surface area contributed by atoms with Crippen molar-refractivity contribution < 1.29 is 14.1 Å². The molecule has 0 spiro atoms. The molecule has 0 bridgehead atoms. The Hall–Kier alpha value is -2.78. The molecule has 8 nitrogen and oxygen atoms in total. The number of fused-ring (bicyclic) bond motifs is 1. The van der Waals surface area contributed by atoms with Crippen molar-refractivity contribution in [3.05, 3.63) is 34.7 Å². The minimum absolute atomic E-state index is 0.0304. The molecule has 1 aromatic carbocycles. The Morgan fingerprint density at radius 2 is 1.97 bits per heavy atom. The summed E-state index contributed by atoms with van der Waals surface area (Å²) in [4.78, 5) is 25.5. The first-order valence-corrected chi connectivity index (χ1v) is 11.6. The number of aromatic amines is 1. The van der Waals surface area contributed by atoms with Gasteiger partial charge in [0.15, 0.2) is 11.0 Å². The third-order valence-electron chi connectivity index (χ3n) is 5.87. The van der Waals surface area contributed by atoms with Crippen LogP contribution in [0, 0.1) is 4.64 Å². The Morgan fingerprint density at radius 3 is 2.66 bits per heavy atom. The number of likely N-dealkylation sites (N-methyl/N-ethyl adjacent to an activating group) is 1. The molecule has 2 aromatic heterocycles. The van der Waals surface area contributed by atoms with E-state index in [0.717, 1.165) is 55.9 Å². The lowest BCUT2D eigenvalue weighted by atomic mass is 10.1. The maximum Gasteiger partial charge on any atom is 0.270 e. The summed E-state index contributed by atoms with van der Waals surface area (Å²) in [6.07, 6.45) is 3.03. The molecule has 0 saturated carbocycles. The predicted octanol–water partition coefficient (Wildman–Crippen LogP) is 2.78. The van der Waals surface area contributed by atoms with Crippen molar-refractivity contribution in [2.75, 3.05) is 39.8 Å². The van der Waals surface area contributed by atoms with Crippen LogP contribution in [0.5, 0.6) is 5.75 Å². The number of H-pyrrole nitrogens is 1. The molecule has 1 fully saturated rings. The first-order valence-electron chi connectivity index (χ1n) is 11.2. The molecule has 4 rings (SSSR count). The maximum atomic E-state index is 13.2. The minimum Gasteiger partial charge on any atom is -0.493 e. The molecule has 32 heavy (non-hydrogen) atoms. The topological polar surface area (TPSA) is 70.3 Å². The standard InChI is InChI=1S/C23H30N6O2S/c1-5-9-29-15-27(4)19-21(29)24-20(25-22(19)32)17-14-16(7-8-18(17)31-6-2)23(30)28-12-10-26(3)11-13-28/h7-8,14-15H,5-6,9-13H2,1-4H3/p+1. The lowest BCUT2D eigenvalue weighted by Crippen LogP contribution is -2.47. The van der Waals surface area contributed by atoms with E-state index in [1.807, 2.05) is 48.0 Å². The normalized spacial score (nSPS) is 14.8. The van der Waals surface area contributed by atoms with E-state index in [-0.39, 0.29) is 5.91 Å². The molecule has 9 heteroatoms. The summed E-state index contributed by atoms with van der Waals surface area (Å²) in [5.41, 5.74) is 3.18. The summed E-state index contributed by atoms with van der Waals surface area (Å²) in [5.74, 6) is 1.32. The van der Waals surface area contributed by atoms with Gasteiger partial charge < -0.3 is 14.5 Å². The van der Waals surface area contributed by atoms with Gasteiger partial charge in [0.25, 0.3) is 11.6 Å². The lowest BCUT2D eigenvalue weighted by molar-refractivity contribution is -0.673. The van der Waals surface area contributed by atoms with Gasteiger partial charge in [-0.05, 0) is 38.6 Å². The Labute approximate surface area is 193 Å². The van der Waals surface area contributed by atoms with Crippen LogP contribution in [0.2, 0.25) is 0 Å². The van der Waals surface area contributed by atoms with Crippen molar-refractivity contribution in [1.82, 2.24) is 24.3 Å². The molecule has 1 aliphatic heterocycles. The molecule has 0 atom stereocenters. The monoisotopic (exact) mass is 455 g/mol. The fraction of sp³-hybridized carbons (Fsp3) is 0.478. The van der Waals surface area contributed by atoms with Crippen LogP contribution in [-0.2, 0) is 13.6 Å². The van der Waals surface area contributed by atoms with Crippen LogP contribution < -0.4 is 9.30 Å². The van der Waals surface area contributed by atoms with Crippen molar-refractivity contribution in [2.24, 2.45) is 7.05 Å². The van der Waals surface area contributed by atoms with E-state index in [2.05, 4.69) is 33.4 Å². The van der Waals surface area contributed by atoms with Crippen molar-refractivity contribution in [1.29, 1.82) is 0 Å². The van der Waals surface area contributed by atoms with Crippen LogP contribution in [-0.4, -0.2) is 70.1 Å². The average molecular weight is 456 g/mol. The number of ether oxygens (including phenoxy) is 1.